The van der Waals surface area contributed by atoms with Gasteiger partial charge < -0.3 is 27.9 Å². The highest BCUT2D eigenvalue weighted by molar-refractivity contribution is 7.45. The lowest BCUT2D eigenvalue weighted by atomic mass is 10.1. The van der Waals surface area contributed by atoms with E-state index in [0.717, 1.165) is 38.5 Å². The summed E-state index contributed by atoms with van der Waals surface area (Å²) in [6, 6.07) is 0. The second-order valence-electron chi connectivity index (χ2n) is 17.8. The molecule has 0 saturated heterocycles. The van der Waals surface area contributed by atoms with E-state index in [9.17, 15) is 14.3 Å². The van der Waals surface area contributed by atoms with E-state index in [1.165, 1.54) is 161 Å². The van der Waals surface area contributed by atoms with Crippen molar-refractivity contribution in [1.29, 1.82) is 0 Å². The van der Waals surface area contributed by atoms with Crippen molar-refractivity contribution in [2.24, 2.45) is 0 Å². The molecule has 9 heteroatoms. The molecule has 0 aromatic heterocycles. The molecule has 348 valence electrons. The fourth-order valence-electron chi connectivity index (χ4n) is 6.81. The Labute approximate surface area is 365 Å². The van der Waals surface area contributed by atoms with Gasteiger partial charge >= 0.3 is 5.97 Å². The molecule has 0 spiro atoms. The van der Waals surface area contributed by atoms with Crippen LogP contribution in [0, 0.1) is 0 Å². The number of nitrogens with zero attached hydrogens (tertiary/aromatic N) is 1. The van der Waals surface area contributed by atoms with E-state index in [-0.39, 0.29) is 25.8 Å². The zero-order chi connectivity index (χ0) is 43.4. The molecule has 0 rings (SSSR count). The number of phosphoric acid groups is 1. The highest BCUT2D eigenvalue weighted by Crippen LogP contribution is 2.38. The Kier molecular flexibility index (Phi) is 42.4. The molecule has 2 atom stereocenters. The molecule has 0 amide bonds. The van der Waals surface area contributed by atoms with Crippen molar-refractivity contribution in [3.8, 4) is 0 Å². The highest BCUT2D eigenvalue weighted by Gasteiger charge is 2.20. The van der Waals surface area contributed by atoms with E-state index in [1.807, 2.05) is 21.1 Å². The third-order valence-corrected chi connectivity index (χ3v) is 11.6. The summed E-state index contributed by atoms with van der Waals surface area (Å²) in [6.45, 7) is 5.40. The van der Waals surface area contributed by atoms with Crippen LogP contribution in [-0.4, -0.2) is 70.7 Å². The standard InChI is InChI=1S/C50H96NO7P/c1-6-8-10-12-14-16-18-20-22-24-26-28-30-32-34-36-38-40-42-45-55-47-49(48-57-59(53,54)56-46-44-51(3,4)5)58-50(52)43-41-39-37-35-33-31-29-27-25-23-21-19-17-15-13-11-9-7-2/h16,18,22-25,49H,6-15,17,19-21,26-48H2,1-5H3/b18-16-,24-22-,25-23-. The van der Waals surface area contributed by atoms with Gasteiger partial charge in [0.15, 0.2) is 0 Å². The van der Waals surface area contributed by atoms with E-state index in [0.29, 0.717) is 24.1 Å². The van der Waals surface area contributed by atoms with Gasteiger partial charge in [0.1, 0.15) is 19.3 Å². The molecule has 2 unspecified atom stereocenters. The molecular weight excluding hydrogens is 758 g/mol. The van der Waals surface area contributed by atoms with Gasteiger partial charge in [0.2, 0.25) is 0 Å². The van der Waals surface area contributed by atoms with Gasteiger partial charge in [0.25, 0.3) is 7.82 Å². The number of ether oxygens (including phenoxy) is 2. The third-order valence-electron chi connectivity index (χ3n) is 10.7. The molecule has 0 aliphatic heterocycles. The maximum Gasteiger partial charge on any atom is 0.306 e. The number of allylic oxidation sites excluding steroid dienone is 6. The summed E-state index contributed by atoms with van der Waals surface area (Å²) in [5, 5.41) is 0. The first-order valence-corrected chi connectivity index (χ1v) is 26.2. The molecule has 0 aromatic rings. The minimum atomic E-state index is -4.53. The molecular formula is C50H96NO7P. The van der Waals surface area contributed by atoms with Crippen molar-refractivity contribution in [2.75, 3.05) is 54.1 Å². The molecule has 0 aromatic carbocycles. The Hall–Kier alpha value is -1.28. The lowest BCUT2D eigenvalue weighted by molar-refractivity contribution is -0.870. The van der Waals surface area contributed by atoms with Crippen molar-refractivity contribution in [2.45, 2.75) is 225 Å². The van der Waals surface area contributed by atoms with Crippen LogP contribution in [0.15, 0.2) is 36.5 Å². The summed E-state index contributed by atoms with van der Waals surface area (Å²) in [7, 11) is 1.35. The Morgan fingerprint density at radius 3 is 1.41 bits per heavy atom. The highest BCUT2D eigenvalue weighted by atomic mass is 31.2. The number of likely N-dealkylation sites (N-methyl/N-ethyl adjacent to an activating group) is 1. The minimum absolute atomic E-state index is 0.0242. The van der Waals surface area contributed by atoms with Crippen molar-refractivity contribution in [1.82, 2.24) is 0 Å². The molecule has 8 nitrogen and oxygen atoms in total. The maximum atomic E-state index is 12.7. The lowest BCUT2D eigenvalue weighted by Crippen LogP contribution is -2.37. The van der Waals surface area contributed by atoms with E-state index in [4.69, 9.17) is 18.5 Å². The van der Waals surface area contributed by atoms with E-state index in [1.54, 1.807) is 0 Å². The van der Waals surface area contributed by atoms with E-state index >= 15 is 0 Å². The van der Waals surface area contributed by atoms with Crippen LogP contribution in [0.1, 0.15) is 219 Å². The van der Waals surface area contributed by atoms with Crippen LogP contribution in [0.3, 0.4) is 0 Å². The summed E-state index contributed by atoms with van der Waals surface area (Å²) < 4.78 is 34.7. The zero-order valence-corrected chi connectivity index (χ0v) is 40.4. The van der Waals surface area contributed by atoms with Crippen LogP contribution in [0.25, 0.3) is 0 Å². The molecule has 0 heterocycles. The third kappa shape index (κ3) is 47.6. The number of carbonyl (C=O) groups excluding carboxylic acids is 1. The first kappa shape index (κ1) is 57.7. The number of unbranched alkanes of at least 4 members (excludes halogenated alkanes) is 26. The molecule has 0 aliphatic rings. The Morgan fingerprint density at radius 2 is 0.932 bits per heavy atom. The van der Waals surface area contributed by atoms with Crippen molar-refractivity contribution >= 4 is 13.8 Å². The number of esters is 1. The molecule has 0 radical (unpaired) electrons. The fourth-order valence-corrected chi connectivity index (χ4v) is 7.54. The SMILES string of the molecule is CCCCCC/C=C\C/C=C\CCCCCCCCCCOCC(COP(=O)([O-])OCC[N+](C)(C)C)OC(=O)CCCCCCCCC/C=C\CCCCCCCCC. The van der Waals surface area contributed by atoms with Gasteiger partial charge in [-0.05, 0) is 70.6 Å². The number of hydrogen-bond donors (Lipinski definition) is 0. The van der Waals surface area contributed by atoms with Crippen molar-refractivity contribution in [3.63, 3.8) is 0 Å². The molecule has 59 heavy (non-hydrogen) atoms. The van der Waals surface area contributed by atoms with Gasteiger partial charge in [-0.3, -0.25) is 9.36 Å². The zero-order valence-electron chi connectivity index (χ0n) is 39.5. The first-order valence-electron chi connectivity index (χ1n) is 24.7. The van der Waals surface area contributed by atoms with Crippen molar-refractivity contribution in [3.05, 3.63) is 36.5 Å². The van der Waals surface area contributed by atoms with Gasteiger partial charge in [-0.2, -0.15) is 0 Å². The van der Waals surface area contributed by atoms with Crippen LogP contribution < -0.4 is 4.89 Å². The summed E-state index contributed by atoms with van der Waals surface area (Å²) in [6.07, 6.45) is 51.6. The van der Waals surface area contributed by atoms with E-state index in [2.05, 4.69) is 50.3 Å². The monoisotopic (exact) mass is 854 g/mol. The van der Waals surface area contributed by atoms with E-state index < -0.39 is 13.9 Å². The fraction of sp³-hybridized carbons (Fsp3) is 0.860. The Balaban J connectivity index is 4.18. The van der Waals surface area contributed by atoms with Crippen LogP contribution in [-0.2, 0) is 27.9 Å². The molecule has 0 N–H and O–H groups in total. The number of hydrogen-bond acceptors (Lipinski definition) is 7. The van der Waals surface area contributed by atoms with Gasteiger partial charge in [0, 0.05) is 13.0 Å². The number of carbonyl (C=O) groups is 1. The summed E-state index contributed by atoms with van der Waals surface area (Å²) in [5.74, 6) is -0.339. The summed E-state index contributed by atoms with van der Waals surface area (Å²) in [4.78, 5) is 25.1. The quantitative estimate of drug-likeness (QED) is 0.0198. The second kappa shape index (κ2) is 43.4. The van der Waals surface area contributed by atoms with Gasteiger partial charge in [-0.15, -0.1) is 0 Å². The largest absolute Gasteiger partial charge is 0.756 e. The smallest absolute Gasteiger partial charge is 0.306 e. The lowest BCUT2D eigenvalue weighted by Gasteiger charge is -2.28. The predicted octanol–water partition coefficient (Wildman–Crippen LogP) is 14.3. The van der Waals surface area contributed by atoms with Gasteiger partial charge in [-0.1, -0.05) is 179 Å². The number of rotatable bonds is 46. The van der Waals surface area contributed by atoms with Gasteiger partial charge in [-0.25, -0.2) is 0 Å². The molecule has 0 fully saturated rings. The van der Waals surface area contributed by atoms with Crippen LogP contribution in [0.5, 0.6) is 0 Å². The molecule has 0 aliphatic carbocycles. The van der Waals surface area contributed by atoms with Crippen LogP contribution >= 0.6 is 7.82 Å². The first-order chi connectivity index (χ1) is 28.6. The van der Waals surface area contributed by atoms with Crippen LogP contribution in [0.2, 0.25) is 0 Å². The minimum Gasteiger partial charge on any atom is -0.756 e. The predicted molar refractivity (Wildman–Crippen MR) is 250 cm³/mol. The Morgan fingerprint density at radius 1 is 0.525 bits per heavy atom. The second-order valence-corrected chi connectivity index (χ2v) is 19.2. The van der Waals surface area contributed by atoms with Crippen molar-refractivity contribution < 1.29 is 37.3 Å². The van der Waals surface area contributed by atoms with Crippen LogP contribution in [0.4, 0.5) is 0 Å². The maximum absolute atomic E-state index is 12.7. The molecule has 0 saturated carbocycles. The van der Waals surface area contributed by atoms with Gasteiger partial charge in [0.05, 0.1) is 34.4 Å². The average Bonchev–Trinajstić information content (AvgIpc) is 3.19. The number of phosphoric ester groups is 1. The molecule has 0 bridgehead atoms. The Bertz CT molecular complexity index is 1040. The summed E-state index contributed by atoms with van der Waals surface area (Å²) in [5.41, 5.74) is 0. The number of quaternary nitrogens is 1. The average molecular weight is 854 g/mol. The normalized spacial score (nSPS) is 13.9. The summed E-state index contributed by atoms with van der Waals surface area (Å²) >= 11 is 0. The topological polar surface area (TPSA) is 94.1 Å².